The number of hydrogen-bond donors (Lipinski definition) is 1. The van der Waals surface area contributed by atoms with Gasteiger partial charge in [-0.15, -0.1) is 0 Å². The first-order chi connectivity index (χ1) is 11.6. The summed E-state index contributed by atoms with van der Waals surface area (Å²) in [6.45, 7) is 3.13. The molecule has 24 heavy (non-hydrogen) atoms. The molecule has 0 bridgehead atoms. The van der Waals surface area contributed by atoms with Crippen LogP contribution < -0.4 is 10.1 Å². The van der Waals surface area contributed by atoms with Crippen LogP contribution in [0.15, 0.2) is 24.3 Å². The predicted molar refractivity (Wildman–Crippen MR) is 98.1 cm³/mol. The monoisotopic (exact) mass is 332 g/mol. The number of para-hydroxylation sites is 1. The molecule has 0 radical (unpaired) electrons. The Hall–Kier alpha value is -1.55. The maximum absolute atomic E-state index is 11.7. The fraction of sp³-hybridized carbons (Fsp3) is 0.650. The van der Waals surface area contributed by atoms with Gasteiger partial charge in [0, 0.05) is 32.2 Å². The highest BCUT2D eigenvalue weighted by Gasteiger charge is 2.16. The largest absolute Gasteiger partial charge is 0.483 e. The van der Waals surface area contributed by atoms with Crippen molar-refractivity contribution in [2.45, 2.75) is 58.0 Å². The van der Waals surface area contributed by atoms with Gasteiger partial charge in [-0.3, -0.25) is 4.79 Å². The van der Waals surface area contributed by atoms with E-state index in [1.54, 1.807) is 19.0 Å². The molecule has 1 aromatic rings. The van der Waals surface area contributed by atoms with Gasteiger partial charge in [-0.25, -0.2) is 0 Å². The minimum absolute atomic E-state index is 0.0246. The maximum atomic E-state index is 11.7. The van der Waals surface area contributed by atoms with E-state index in [1.807, 2.05) is 18.2 Å². The summed E-state index contributed by atoms with van der Waals surface area (Å²) < 4.78 is 5.71. The summed E-state index contributed by atoms with van der Waals surface area (Å²) in [7, 11) is 3.48. The van der Waals surface area contributed by atoms with E-state index in [4.69, 9.17) is 4.74 Å². The van der Waals surface area contributed by atoms with Crippen LogP contribution in [-0.2, 0) is 11.3 Å². The summed E-state index contributed by atoms with van der Waals surface area (Å²) >= 11 is 0. The number of nitrogens with one attached hydrogen (secondary N) is 1. The molecule has 1 saturated carbocycles. The summed E-state index contributed by atoms with van der Waals surface area (Å²) in [5.74, 6) is 1.65. The third kappa shape index (κ3) is 6.16. The molecule has 1 aromatic carbocycles. The van der Waals surface area contributed by atoms with Crippen LogP contribution in [0.3, 0.4) is 0 Å². The second-order valence-corrected chi connectivity index (χ2v) is 7.21. The number of carbonyl (C=O) groups is 1. The number of rotatable bonds is 8. The van der Waals surface area contributed by atoms with Crippen LogP contribution in [0.4, 0.5) is 0 Å². The predicted octanol–water partition coefficient (Wildman–Crippen LogP) is 3.60. The van der Waals surface area contributed by atoms with Gasteiger partial charge in [-0.2, -0.15) is 0 Å². The summed E-state index contributed by atoms with van der Waals surface area (Å²) in [5, 5.41) is 3.62. The summed E-state index contributed by atoms with van der Waals surface area (Å²) in [5.41, 5.74) is 1.11. The maximum Gasteiger partial charge on any atom is 0.259 e. The number of benzene rings is 1. The number of amides is 1. The second kappa shape index (κ2) is 9.67. The smallest absolute Gasteiger partial charge is 0.259 e. The molecular formula is C20H32N2O2. The lowest BCUT2D eigenvalue weighted by molar-refractivity contribution is -0.130. The van der Waals surface area contributed by atoms with E-state index in [0.29, 0.717) is 6.04 Å². The molecule has 0 aliphatic heterocycles. The molecule has 0 heterocycles. The number of hydrogen-bond acceptors (Lipinski definition) is 3. The van der Waals surface area contributed by atoms with E-state index in [0.717, 1.165) is 23.8 Å². The van der Waals surface area contributed by atoms with Gasteiger partial charge in [0.2, 0.25) is 0 Å². The summed E-state index contributed by atoms with van der Waals surface area (Å²) in [6, 6.07) is 8.47. The molecule has 1 N–H and O–H groups in total. The number of likely N-dealkylation sites (N-methyl/N-ethyl adjacent to an activating group) is 1. The van der Waals surface area contributed by atoms with Crippen LogP contribution in [0.5, 0.6) is 5.75 Å². The van der Waals surface area contributed by atoms with E-state index in [9.17, 15) is 4.79 Å². The number of nitrogens with zero attached hydrogens (tertiary/aromatic N) is 1. The first-order valence-electron chi connectivity index (χ1n) is 9.20. The molecule has 4 nitrogen and oxygen atoms in total. The Balaban J connectivity index is 1.81. The highest BCUT2D eigenvalue weighted by molar-refractivity contribution is 5.77. The van der Waals surface area contributed by atoms with Gasteiger partial charge in [0.25, 0.3) is 5.91 Å². The average molecular weight is 332 g/mol. The lowest BCUT2D eigenvalue weighted by Crippen LogP contribution is -2.29. The van der Waals surface area contributed by atoms with E-state index in [2.05, 4.69) is 18.3 Å². The van der Waals surface area contributed by atoms with E-state index >= 15 is 0 Å². The Morgan fingerprint density at radius 1 is 1.25 bits per heavy atom. The van der Waals surface area contributed by atoms with Crippen LogP contribution in [-0.4, -0.2) is 37.6 Å². The average Bonchev–Trinajstić information content (AvgIpc) is 2.59. The summed E-state index contributed by atoms with van der Waals surface area (Å²) in [6.07, 6.45) is 8.23. The van der Waals surface area contributed by atoms with Crippen molar-refractivity contribution in [2.75, 3.05) is 20.7 Å². The van der Waals surface area contributed by atoms with Gasteiger partial charge >= 0.3 is 0 Å². The van der Waals surface area contributed by atoms with E-state index < -0.39 is 0 Å². The molecule has 1 aliphatic rings. The quantitative estimate of drug-likeness (QED) is 0.791. The molecule has 134 valence electrons. The zero-order chi connectivity index (χ0) is 17.4. The fourth-order valence-electron chi connectivity index (χ4n) is 3.35. The van der Waals surface area contributed by atoms with Gasteiger partial charge in [0.1, 0.15) is 5.75 Å². The SMILES string of the molecule is CC(CC1CCCCC1)NCc1ccccc1OCC(=O)N(C)C. The van der Waals surface area contributed by atoms with Crippen molar-refractivity contribution in [1.29, 1.82) is 0 Å². The molecular weight excluding hydrogens is 300 g/mol. The molecule has 1 amide bonds. The van der Waals surface area contributed by atoms with Crippen LogP contribution >= 0.6 is 0 Å². The molecule has 4 heteroatoms. The van der Waals surface area contributed by atoms with E-state index in [1.165, 1.54) is 38.5 Å². The Kier molecular flexibility index (Phi) is 7.57. The van der Waals surface area contributed by atoms with Crippen molar-refractivity contribution in [3.8, 4) is 5.75 Å². The highest BCUT2D eigenvalue weighted by atomic mass is 16.5. The van der Waals surface area contributed by atoms with Crippen molar-refractivity contribution in [1.82, 2.24) is 10.2 Å². The van der Waals surface area contributed by atoms with Gasteiger partial charge in [-0.1, -0.05) is 50.3 Å². The van der Waals surface area contributed by atoms with Crippen molar-refractivity contribution < 1.29 is 9.53 Å². The van der Waals surface area contributed by atoms with Gasteiger partial charge in [-0.05, 0) is 25.3 Å². The summed E-state index contributed by atoms with van der Waals surface area (Å²) in [4.78, 5) is 13.2. The van der Waals surface area contributed by atoms with Crippen molar-refractivity contribution in [3.05, 3.63) is 29.8 Å². The Bertz CT molecular complexity index is 510. The van der Waals surface area contributed by atoms with Crippen LogP contribution in [0.1, 0.15) is 51.0 Å². The molecule has 1 aliphatic carbocycles. The second-order valence-electron chi connectivity index (χ2n) is 7.21. The molecule has 0 saturated heterocycles. The third-order valence-electron chi connectivity index (χ3n) is 4.88. The molecule has 1 unspecified atom stereocenters. The number of carbonyl (C=O) groups excluding carboxylic acids is 1. The van der Waals surface area contributed by atoms with Crippen molar-refractivity contribution in [3.63, 3.8) is 0 Å². The normalized spacial score (nSPS) is 16.6. The minimum atomic E-state index is -0.0246. The Labute approximate surface area is 146 Å². The van der Waals surface area contributed by atoms with Crippen molar-refractivity contribution >= 4 is 5.91 Å². The van der Waals surface area contributed by atoms with E-state index in [-0.39, 0.29) is 12.5 Å². The zero-order valence-electron chi connectivity index (χ0n) is 15.4. The van der Waals surface area contributed by atoms with Gasteiger partial charge < -0.3 is 15.0 Å². The lowest BCUT2D eigenvalue weighted by Gasteiger charge is -2.25. The standard InChI is InChI=1S/C20H32N2O2/c1-16(13-17-9-5-4-6-10-17)21-14-18-11-7-8-12-19(18)24-15-20(23)22(2)3/h7-8,11-12,16-17,21H,4-6,9-10,13-15H2,1-3H3. The molecule has 1 atom stereocenters. The highest BCUT2D eigenvalue weighted by Crippen LogP contribution is 2.27. The molecule has 0 aromatic heterocycles. The zero-order valence-corrected chi connectivity index (χ0v) is 15.4. The Morgan fingerprint density at radius 3 is 2.67 bits per heavy atom. The van der Waals surface area contributed by atoms with Crippen LogP contribution in [0, 0.1) is 5.92 Å². The molecule has 2 rings (SSSR count). The first kappa shape index (κ1) is 18.8. The lowest BCUT2D eigenvalue weighted by atomic mass is 9.85. The fourth-order valence-corrected chi connectivity index (χ4v) is 3.35. The minimum Gasteiger partial charge on any atom is -0.483 e. The topological polar surface area (TPSA) is 41.6 Å². The van der Waals surface area contributed by atoms with Crippen molar-refractivity contribution in [2.24, 2.45) is 5.92 Å². The van der Waals surface area contributed by atoms with Crippen LogP contribution in [0.2, 0.25) is 0 Å². The van der Waals surface area contributed by atoms with Gasteiger partial charge in [0.15, 0.2) is 6.61 Å². The first-order valence-corrected chi connectivity index (χ1v) is 9.20. The van der Waals surface area contributed by atoms with Gasteiger partial charge in [0.05, 0.1) is 0 Å². The van der Waals surface area contributed by atoms with Crippen LogP contribution in [0.25, 0.3) is 0 Å². The molecule has 1 fully saturated rings. The number of ether oxygens (including phenoxy) is 1. The Morgan fingerprint density at radius 2 is 1.96 bits per heavy atom. The molecule has 0 spiro atoms. The third-order valence-corrected chi connectivity index (χ3v) is 4.88.